The molecule has 0 radical (unpaired) electrons. The van der Waals surface area contributed by atoms with Gasteiger partial charge in [0.05, 0.1) is 12.7 Å². The van der Waals surface area contributed by atoms with Gasteiger partial charge in [-0.25, -0.2) is 9.97 Å². The first-order valence-corrected chi connectivity index (χ1v) is 4.70. The Morgan fingerprint density at radius 2 is 2.29 bits per heavy atom. The molecule has 0 amide bonds. The maximum absolute atomic E-state index is 5.74. The van der Waals surface area contributed by atoms with Crippen LogP contribution in [0.5, 0.6) is 0 Å². The van der Waals surface area contributed by atoms with Gasteiger partial charge in [0.2, 0.25) is 0 Å². The average molecular weight is 194 g/mol. The van der Waals surface area contributed by atoms with E-state index in [4.69, 9.17) is 10.5 Å². The van der Waals surface area contributed by atoms with E-state index in [2.05, 4.69) is 14.9 Å². The number of rotatable bonds is 1. The molecule has 2 rings (SSSR count). The largest absolute Gasteiger partial charge is 0.381 e. The van der Waals surface area contributed by atoms with Crippen molar-refractivity contribution in [2.45, 2.75) is 13.0 Å². The molecule has 0 saturated carbocycles. The van der Waals surface area contributed by atoms with Gasteiger partial charge in [0.15, 0.2) is 11.6 Å². The molecule has 5 nitrogen and oxygen atoms in total. The molecule has 0 spiro atoms. The molecule has 2 heterocycles. The number of hydrogen-bond donors (Lipinski definition) is 1. The second-order valence-corrected chi connectivity index (χ2v) is 3.39. The fourth-order valence-electron chi connectivity index (χ4n) is 1.60. The maximum Gasteiger partial charge on any atom is 0.171 e. The van der Waals surface area contributed by atoms with Gasteiger partial charge in [0.25, 0.3) is 0 Å². The summed E-state index contributed by atoms with van der Waals surface area (Å²) in [5.74, 6) is 1.25. The van der Waals surface area contributed by atoms with Crippen molar-refractivity contribution in [3.05, 3.63) is 12.4 Å². The van der Waals surface area contributed by atoms with Crippen LogP contribution in [0.2, 0.25) is 0 Å². The quantitative estimate of drug-likeness (QED) is 0.695. The van der Waals surface area contributed by atoms with Crippen LogP contribution in [0.3, 0.4) is 0 Å². The van der Waals surface area contributed by atoms with Crippen molar-refractivity contribution in [3.63, 3.8) is 0 Å². The molecule has 5 heteroatoms. The lowest BCUT2D eigenvalue weighted by Gasteiger charge is -2.32. The highest BCUT2D eigenvalue weighted by Crippen LogP contribution is 2.19. The number of anilines is 2. The molecular formula is C9H14N4O. The fourth-order valence-corrected chi connectivity index (χ4v) is 1.60. The Balaban J connectivity index is 2.18. The van der Waals surface area contributed by atoms with Crippen LogP contribution in [0, 0.1) is 0 Å². The van der Waals surface area contributed by atoms with E-state index in [-0.39, 0.29) is 6.10 Å². The lowest BCUT2D eigenvalue weighted by molar-refractivity contribution is 0.0530. The van der Waals surface area contributed by atoms with Crippen LogP contribution in [0.15, 0.2) is 12.4 Å². The molecule has 0 aliphatic carbocycles. The highest BCUT2D eigenvalue weighted by Gasteiger charge is 2.19. The normalized spacial score (nSPS) is 22.4. The first-order valence-electron chi connectivity index (χ1n) is 4.70. The van der Waals surface area contributed by atoms with Gasteiger partial charge in [0, 0.05) is 25.5 Å². The molecule has 1 aliphatic rings. The van der Waals surface area contributed by atoms with Gasteiger partial charge in [-0.05, 0) is 6.92 Å². The summed E-state index contributed by atoms with van der Waals surface area (Å²) < 4.78 is 5.44. The first-order chi connectivity index (χ1) is 6.77. The summed E-state index contributed by atoms with van der Waals surface area (Å²) in [5.41, 5.74) is 5.74. The van der Waals surface area contributed by atoms with Crippen LogP contribution in [0.25, 0.3) is 0 Å². The Morgan fingerprint density at radius 3 is 3.00 bits per heavy atom. The molecule has 1 saturated heterocycles. The van der Waals surface area contributed by atoms with Gasteiger partial charge in [-0.3, -0.25) is 0 Å². The molecule has 1 aromatic rings. The monoisotopic (exact) mass is 194 g/mol. The third-order valence-corrected chi connectivity index (χ3v) is 2.25. The van der Waals surface area contributed by atoms with Crippen molar-refractivity contribution in [2.24, 2.45) is 0 Å². The van der Waals surface area contributed by atoms with Crippen LogP contribution in [-0.4, -0.2) is 35.8 Å². The first kappa shape index (κ1) is 9.21. The van der Waals surface area contributed by atoms with Crippen molar-refractivity contribution in [1.82, 2.24) is 9.97 Å². The SMILES string of the molecule is C[C@H]1CN(c2nccnc2N)CCO1. The number of ether oxygens (including phenoxy) is 1. The van der Waals surface area contributed by atoms with E-state index < -0.39 is 0 Å². The molecule has 0 bridgehead atoms. The molecule has 1 atom stereocenters. The highest BCUT2D eigenvalue weighted by atomic mass is 16.5. The summed E-state index contributed by atoms with van der Waals surface area (Å²) in [6.45, 7) is 4.41. The van der Waals surface area contributed by atoms with Crippen LogP contribution in [-0.2, 0) is 4.74 Å². The Hall–Kier alpha value is -1.36. The molecule has 2 N–H and O–H groups in total. The van der Waals surface area contributed by atoms with E-state index in [1.807, 2.05) is 6.92 Å². The second kappa shape index (κ2) is 3.79. The van der Waals surface area contributed by atoms with E-state index in [9.17, 15) is 0 Å². The number of hydrogen-bond acceptors (Lipinski definition) is 5. The molecule has 14 heavy (non-hydrogen) atoms. The molecule has 1 aliphatic heterocycles. The summed E-state index contributed by atoms with van der Waals surface area (Å²) in [4.78, 5) is 10.3. The van der Waals surface area contributed by atoms with Gasteiger partial charge in [-0.15, -0.1) is 0 Å². The zero-order chi connectivity index (χ0) is 9.97. The minimum atomic E-state index is 0.227. The number of nitrogen functional groups attached to an aromatic ring is 1. The standard InChI is InChI=1S/C9H14N4O/c1-7-6-13(4-5-14-7)9-8(10)11-2-3-12-9/h2-3,7H,4-6H2,1H3,(H2,10,11)/t7-/m0/s1. The summed E-state index contributed by atoms with van der Waals surface area (Å²) in [5, 5.41) is 0. The minimum absolute atomic E-state index is 0.227. The second-order valence-electron chi connectivity index (χ2n) is 3.39. The summed E-state index contributed by atoms with van der Waals surface area (Å²) in [6.07, 6.45) is 3.49. The van der Waals surface area contributed by atoms with Crippen molar-refractivity contribution in [1.29, 1.82) is 0 Å². The average Bonchev–Trinajstić information content (AvgIpc) is 2.18. The predicted molar refractivity (Wildman–Crippen MR) is 54.1 cm³/mol. The molecule has 0 unspecified atom stereocenters. The zero-order valence-electron chi connectivity index (χ0n) is 8.18. The smallest absolute Gasteiger partial charge is 0.171 e. The number of aromatic nitrogens is 2. The Morgan fingerprint density at radius 1 is 1.50 bits per heavy atom. The summed E-state index contributed by atoms with van der Waals surface area (Å²) in [6, 6.07) is 0. The van der Waals surface area contributed by atoms with Crippen molar-refractivity contribution in [2.75, 3.05) is 30.3 Å². The summed E-state index contributed by atoms with van der Waals surface area (Å²) in [7, 11) is 0. The predicted octanol–water partition coefficient (Wildman–Crippen LogP) is 0.284. The van der Waals surface area contributed by atoms with Crippen molar-refractivity contribution >= 4 is 11.6 Å². The van der Waals surface area contributed by atoms with Crippen LogP contribution in [0.1, 0.15) is 6.92 Å². The van der Waals surface area contributed by atoms with Crippen LogP contribution in [0.4, 0.5) is 11.6 Å². The third-order valence-electron chi connectivity index (χ3n) is 2.25. The van der Waals surface area contributed by atoms with Gasteiger partial charge >= 0.3 is 0 Å². The topological polar surface area (TPSA) is 64.3 Å². The van der Waals surface area contributed by atoms with E-state index >= 15 is 0 Å². The number of nitrogens with zero attached hydrogens (tertiary/aromatic N) is 3. The Bertz CT molecular complexity index is 317. The molecule has 1 fully saturated rings. The van der Waals surface area contributed by atoms with E-state index in [1.54, 1.807) is 12.4 Å². The third kappa shape index (κ3) is 1.77. The van der Waals surface area contributed by atoms with Gasteiger partial charge < -0.3 is 15.4 Å². The van der Waals surface area contributed by atoms with Crippen molar-refractivity contribution in [3.8, 4) is 0 Å². The highest BCUT2D eigenvalue weighted by molar-refractivity contribution is 5.57. The fraction of sp³-hybridized carbons (Fsp3) is 0.556. The van der Waals surface area contributed by atoms with Gasteiger partial charge in [-0.1, -0.05) is 0 Å². The molecule has 76 valence electrons. The maximum atomic E-state index is 5.74. The lowest BCUT2D eigenvalue weighted by Crippen LogP contribution is -2.41. The zero-order valence-corrected chi connectivity index (χ0v) is 8.18. The van der Waals surface area contributed by atoms with E-state index in [0.717, 1.165) is 25.5 Å². The van der Waals surface area contributed by atoms with Gasteiger partial charge in [0.1, 0.15) is 0 Å². The Labute approximate surface area is 82.9 Å². The van der Waals surface area contributed by atoms with Crippen LogP contribution < -0.4 is 10.6 Å². The Kier molecular flexibility index (Phi) is 2.49. The van der Waals surface area contributed by atoms with Gasteiger partial charge in [-0.2, -0.15) is 0 Å². The van der Waals surface area contributed by atoms with E-state index in [0.29, 0.717) is 5.82 Å². The lowest BCUT2D eigenvalue weighted by atomic mass is 10.3. The van der Waals surface area contributed by atoms with Crippen LogP contribution >= 0.6 is 0 Å². The molecular weight excluding hydrogens is 180 g/mol. The number of morpholine rings is 1. The minimum Gasteiger partial charge on any atom is -0.381 e. The molecule has 0 aromatic carbocycles. The molecule has 1 aromatic heterocycles. The van der Waals surface area contributed by atoms with Crippen molar-refractivity contribution < 1.29 is 4.74 Å². The van der Waals surface area contributed by atoms with E-state index in [1.165, 1.54) is 0 Å². The number of nitrogens with two attached hydrogens (primary N) is 1. The summed E-state index contributed by atoms with van der Waals surface area (Å²) >= 11 is 0.